The summed E-state index contributed by atoms with van der Waals surface area (Å²) >= 11 is 5.77. The molecule has 1 aromatic carbocycles. The van der Waals surface area contributed by atoms with E-state index in [0.29, 0.717) is 18.1 Å². The number of ether oxygens (including phenoxy) is 1. The van der Waals surface area contributed by atoms with Crippen molar-refractivity contribution in [3.05, 3.63) is 34.9 Å². The first-order valence-corrected chi connectivity index (χ1v) is 7.64. The molecule has 128 valence electrons. The van der Waals surface area contributed by atoms with E-state index in [9.17, 15) is 18.0 Å². The normalized spacial score (nSPS) is 19.6. The molecule has 0 spiro atoms. The maximum atomic E-state index is 12.6. The summed E-state index contributed by atoms with van der Waals surface area (Å²) in [7, 11) is 0. The first-order valence-electron chi connectivity index (χ1n) is 7.26. The third kappa shape index (κ3) is 6.01. The van der Waals surface area contributed by atoms with Gasteiger partial charge in [-0.3, -0.25) is 9.69 Å². The standard InChI is InChI=1S/C15H18ClF3N2O2/c16-12-3-1-11(2-4-12)9-20-14(22)5-6-21-7-8-23-13(10-21)15(17,18)19/h1-4,13H,5-10H2,(H,20,22)/t13-/m1/s1. The summed E-state index contributed by atoms with van der Waals surface area (Å²) in [5.74, 6) is -0.199. The van der Waals surface area contributed by atoms with E-state index in [0.717, 1.165) is 5.56 Å². The molecular weight excluding hydrogens is 333 g/mol. The lowest BCUT2D eigenvalue weighted by Crippen LogP contribution is -2.49. The predicted octanol–water partition coefficient (Wildman–Crippen LogP) is 2.61. The third-order valence-electron chi connectivity index (χ3n) is 3.57. The zero-order valence-electron chi connectivity index (χ0n) is 12.4. The molecule has 1 aliphatic heterocycles. The van der Waals surface area contributed by atoms with Crippen LogP contribution in [0.3, 0.4) is 0 Å². The van der Waals surface area contributed by atoms with E-state index < -0.39 is 12.3 Å². The number of morpholine rings is 1. The van der Waals surface area contributed by atoms with Crippen LogP contribution in [-0.2, 0) is 16.1 Å². The second-order valence-electron chi connectivity index (χ2n) is 5.35. The van der Waals surface area contributed by atoms with Crippen LogP contribution in [0, 0.1) is 0 Å². The van der Waals surface area contributed by atoms with Crippen LogP contribution in [0.5, 0.6) is 0 Å². The van der Waals surface area contributed by atoms with Crippen LogP contribution in [-0.4, -0.2) is 49.3 Å². The van der Waals surface area contributed by atoms with Crippen molar-refractivity contribution in [1.82, 2.24) is 10.2 Å². The van der Waals surface area contributed by atoms with Crippen LogP contribution < -0.4 is 5.32 Å². The Kier molecular flexibility index (Phi) is 6.26. The number of alkyl halides is 3. The van der Waals surface area contributed by atoms with Crippen LogP contribution in [0.25, 0.3) is 0 Å². The topological polar surface area (TPSA) is 41.6 Å². The van der Waals surface area contributed by atoms with E-state index in [1.165, 1.54) is 0 Å². The molecular formula is C15H18ClF3N2O2. The number of halogens is 4. The summed E-state index contributed by atoms with van der Waals surface area (Å²) in [5, 5.41) is 3.35. The number of carbonyl (C=O) groups excluding carboxylic acids is 1. The van der Waals surface area contributed by atoms with Gasteiger partial charge in [-0.1, -0.05) is 23.7 Å². The monoisotopic (exact) mass is 350 g/mol. The molecule has 0 aliphatic carbocycles. The van der Waals surface area contributed by atoms with Gasteiger partial charge in [0, 0.05) is 37.6 Å². The molecule has 0 aromatic heterocycles. The van der Waals surface area contributed by atoms with Gasteiger partial charge in [0.2, 0.25) is 5.91 Å². The molecule has 1 fully saturated rings. The molecule has 1 atom stereocenters. The summed E-state index contributed by atoms with van der Waals surface area (Å²) in [6.45, 7) is 0.842. The van der Waals surface area contributed by atoms with Gasteiger partial charge in [-0.05, 0) is 17.7 Å². The Hall–Kier alpha value is -1.31. The fourth-order valence-corrected chi connectivity index (χ4v) is 2.38. The summed E-state index contributed by atoms with van der Waals surface area (Å²) in [5.41, 5.74) is 0.909. The lowest BCUT2D eigenvalue weighted by molar-refractivity contribution is -0.237. The number of hydrogen-bond acceptors (Lipinski definition) is 3. The molecule has 0 unspecified atom stereocenters. The number of rotatable bonds is 5. The molecule has 0 saturated carbocycles. The highest BCUT2D eigenvalue weighted by atomic mass is 35.5. The Morgan fingerprint density at radius 2 is 2.04 bits per heavy atom. The lowest BCUT2D eigenvalue weighted by Gasteiger charge is -2.33. The molecule has 1 amide bonds. The van der Waals surface area contributed by atoms with Gasteiger partial charge in [0.15, 0.2) is 6.10 Å². The minimum absolute atomic E-state index is 0.0244. The molecule has 2 rings (SSSR count). The zero-order chi connectivity index (χ0) is 16.9. The van der Waals surface area contributed by atoms with Gasteiger partial charge in [-0.2, -0.15) is 13.2 Å². The Bertz CT molecular complexity index is 522. The van der Waals surface area contributed by atoms with Crippen molar-refractivity contribution in [2.75, 3.05) is 26.2 Å². The molecule has 1 heterocycles. The highest BCUT2D eigenvalue weighted by Crippen LogP contribution is 2.25. The van der Waals surface area contributed by atoms with Crippen molar-refractivity contribution in [3.8, 4) is 0 Å². The van der Waals surface area contributed by atoms with Gasteiger partial charge in [0.1, 0.15) is 0 Å². The fraction of sp³-hybridized carbons (Fsp3) is 0.533. The third-order valence-corrected chi connectivity index (χ3v) is 3.83. The maximum Gasteiger partial charge on any atom is 0.415 e. The van der Waals surface area contributed by atoms with Crippen molar-refractivity contribution < 1.29 is 22.7 Å². The van der Waals surface area contributed by atoms with Crippen LogP contribution >= 0.6 is 11.6 Å². The summed E-state index contributed by atoms with van der Waals surface area (Å²) in [6.07, 6.45) is -5.98. The molecule has 23 heavy (non-hydrogen) atoms. The minimum Gasteiger partial charge on any atom is -0.366 e. The smallest absolute Gasteiger partial charge is 0.366 e. The van der Waals surface area contributed by atoms with Gasteiger partial charge >= 0.3 is 6.18 Å². The molecule has 8 heteroatoms. The van der Waals surface area contributed by atoms with Gasteiger partial charge in [0.05, 0.1) is 6.61 Å². The highest BCUT2D eigenvalue weighted by molar-refractivity contribution is 6.30. The van der Waals surface area contributed by atoms with Crippen LogP contribution in [0.4, 0.5) is 13.2 Å². The van der Waals surface area contributed by atoms with Gasteiger partial charge < -0.3 is 10.1 Å². The van der Waals surface area contributed by atoms with Crippen molar-refractivity contribution in [3.63, 3.8) is 0 Å². The quantitative estimate of drug-likeness (QED) is 0.887. The van der Waals surface area contributed by atoms with E-state index in [2.05, 4.69) is 5.32 Å². The molecule has 1 saturated heterocycles. The maximum absolute atomic E-state index is 12.6. The second-order valence-corrected chi connectivity index (χ2v) is 5.79. The first-order chi connectivity index (χ1) is 10.8. The predicted molar refractivity (Wildman–Crippen MR) is 80.2 cm³/mol. The average molecular weight is 351 g/mol. The average Bonchev–Trinajstić information content (AvgIpc) is 2.52. The molecule has 1 aliphatic rings. The summed E-state index contributed by atoms with van der Waals surface area (Å²) in [4.78, 5) is 13.4. The second kappa shape index (κ2) is 7.99. The number of hydrogen-bond donors (Lipinski definition) is 1. The molecule has 0 bridgehead atoms. The van der Waals surface area contributed by atoms with Crippen LogP contribution in [0.1, 0.15) is 12.0 Å². The fourth-order valence-electron chi connectivity index (χ4n) is 2.25. The Labute approximate surface area is 137 Å². The number of benzene rings is 1. The van der Waals surface area contributed by atoms with Crippen molar-refractivity contribution >= 4 is 17.5 Å². The van der Waals surface area contributed by atoms with Crippen LogP contribution in [0.2, 0.25) is 5.02 Å². The Balaban J connectivity index is 1.70. The number of nitrogens with zero attached hydrogens (tertiary/aromatic N) is 1. The number of carbonyl (C=O) groups is 1. The van der Waals surface area contributed by atoms with Crippen molar-refractivity contribution in [2.45, 2.75) is 25.2 Å². The summed E-state index contributed by atoms with van der Waals surface area (Å²) in [6, 6.07) is 7.07. The van der Waals surface area contributed by atoms with E-state index in [-0.39, 0.29) is 32.0 Å². The van der Waals surface area contributed by atoms with E-state index >= 15 is 0 Å². The molecule has 1 aromatic rings. The highest BCUT2D eigenvalue weighted by Gasteiger charge is 2.43. The first kappa shape index (κ1) is 18.0. The molecule has 1 N–H and O–H groups in total. The largest absolute Gasteiger partial charge is 0.415 e. The van der Waals surface area contributed by atoms with E-state index in [1.54, 1.807) is 29.2 Å². The van der Waals surface area contributed by atoms with E-state index in [1.807, 2.05) is 0 Å². The van der Waals surface area contributed by atoms with Crippen LogP contribution in [0.15, 0.2) is 24.3 Å². The number of nitrogens with one attached hydrogen (secondary N) is 1. The van der Waals surface area contributed by atoms with Crippen molar-refractivity contribution in [1.29, 1.82) is 0 Å². The number of amides is 1. The van der Waals surface area contributed by atoms with Crippen molar-refractivity contribution in [2.24, 2.45) is 0 Å². The van der Waals surface area contributed by atoms with Gasteiger partial charge in [-0.15, -0.1) is 0 Å². The Morgan fingerprint density at radius 1 is 1.35 bits per heavy atom. The molecule has 4 nitrogen and oxygen atoms in total. The zero-order valence-corrected chi connectivity index (χ0v) is 13.2. The van der Waals surface area contributed by atoms with Gasteiger partial charge in [-0.25, -0.2) is 0 Å². The van der Waals surface area contributed by atoms with Gasteiger partial charge in [0.25, 0.3) is 0 Å². The lowest BCUT2D eigenvalue weighted by atomic mass is 10.2. The van der Waals surface area contributed by atoms with E-state index in [4.69, 9.17) is 16.3 Å². The minimum atomic E-state index is -4.37. The summed E-state index contributed by atoms with van der Waals surface area (Å²) < 4.78 is 42.5. The molecule has 0 radical (unpaired) electrons. The SMILES string of the molecule is O=C(CCN1CCO[C@@H](C(F)(F)F)C1)NCc1ccc(Cl)cc1. The Morgan fingerprint density at radius 3 is 2.70 bits per heavy atom.